The largest absolute Gasteiger partial charge is 0.372 e. The molecule has 0 fully saturated rings. The minimum atomic E-state index is -3.96. The van der Waals surface area contributed by atoms with Crippen LogP contribution in [-0.4, -0.2) is 55.3 Å². The van der Waals surface area contributed by atoms with E-state index in [0.717, 1.165) is 36.9 Å². The molecule has 1 aliphatic carbocycles. The first-order valence-corrected chi connectivity index (χ1v) is 13.1. The number of methoxy groups -OCH3 is 1. The fourth-order valence-corrected chi connectivity index (χ4v) is 5.56. The summed E-state index contributed by atoms with van der Waals surface area (Å²) in [5.74, 6) is 0.887. The van der Waals surface area contributed by atoms with E-state index in [1.165, 1.54) is 32.1 Å². The van der Waals surface area contributed by atoms with Crippen LogP contribution in [0.15, 0.2) is 12.4 Å². The Hall–Kier alpha value is -2.57. The minimum Gasteiger partial charge on any atom is -0.372 e. The Balaban J connectivity index is 1.68. The molecule has 2 unspecified atom stereocenters. The van der Waals surface area contributed by atoms with Crippen molar-refractivity contribution < 1.29 is 13.2 Å². The first-order valence-electron chi connectivity index (χ1n) is 11.2. The van der Waals surface area contributed by atoms with Crippen LogP contribution < -0.4 is 4.72 Å². The summed E-state index contributed by atoms with van der Waals surface area (Å²) in [7, 11) is -0.617. The molecule has 1 aliphatic rings. The summed E-state index contributed by atoms with van der Waals surface area (Å²) in [6.45, 7) is 5.42. The number of hydrogen-bond donors (Lipinski definition) is 1. The summed E-state index contributed by atoms with van der Waals surface area (Å²) < 4.78 is 38.4. The van der Waals surface area contributed by atoms with Gasteiger partial charge in [-0.15, -0.1) is 10.2 Å². The zero-order valence-electron chi connectivity index (χ0n) is 19.9. The summed E-state index contributed by atoms with van der Waals surface area (Å²) in [6.07, 6.45) is 5.99. The molecule has 0 amide bonds. The highest BCUT2D eigenvalue weighted by molar-refractivity contribution is 7.93. The van der Waals surface area contributed by atoms with E-state index in [-0.39, 0.29) is 17.8 Å². The second-order valence-electron chi connectivity index (χ2n) is 8.68. The zero-order valence-corrected chi connectivity index (χ0v) is 21.4. The Kier molecular flexibility index (Phi) is 6.92. The molecule has 3 heterocycles. The number of rotatable bonds is 8. The number of nitrogens with zero attached hydrogens (tertiary/aromatic N) is 7. The molecule has 184 valence electrons. The molecule has 0 bridgehead atoms. The van der Waals surface area contributed by atoms with Crippen molar-refractivity contribution in [2.45, 2.75) is 63.9 Å². The maximum atomic E-state index is 13.3. The molecule has 4 rings (SSSR count). The van der Waals surface area contributed by atoms with E-state index in [1.54, 1.807) is 4.57 Å². The van der Waals surface area contributed by atoms with Crippen molar-refractivity contribution >= 4 is 27.6 Å². The molecule has 0 spiro atoms. The minimum absolute atomic E-state index is 0.114. The fraction of sp³-hybridized carbons (Fsp3) is 0.571. The smallest absolute Gasteiger partial charge is 0.240 e. The van der Waals surface area contributed by atoms with Crippen molar-refractivity contribution in [2.24, 2.45) is 7.05 Å². The highest BCUT2D eigenvalue weighted by atomic mass is 35.5. The summed E-state index contributed by atoms with van der Waals surface area (Å²) in [5.41, 5.74) is 3.10. The third kappa shape index (κ3) is 4.53. The van der Waals surface area contributed by atoms with E-state index < -0.39 is 21.4 Å². The van der Waals surface area contributed by atoms with Crippen LogP contribution in [0.1, 0.15) is 62.8 Å². The van der Waals surface area contributed by atoms with Gasteiger partial charge in [0.2, 0.25) is 16.0 Å². The van der Waals surface area contributed by atoms with Crippen LogP contribution in [-0.2, 0) is 34.6 Å². The van der Waals surface area contributed by atoms with Crippen molar-refractivity contribution in [1.29, 1.82) is 0 Å². The average molecular weight is 509 g/mol. The number of anilines is 1. The van der Waals surface area contributed by atoms with Crippen LogP contribution in [0, 0.1) is 0 Å². The molecule has 3 aromatic rings. The number of aromatic nitrogens is 7. The van der Waals surface area contributed by atoms with E-state index in [4.69, 9.17) is 21.4 Å². The monoisotopic (exact) mass is 508 g/mol. The Bertz CT molecular complexity index is 1270. The van der Waals surface area contributed by atoms with Gasteiger partial charge in [0.1, 0.15) is 17.0 Å². The molecule has 1 N–H and O–H groups in total. The normalized spacial score (nSPS) is 15.9. The second kappa shape index (κ2) is 9.59. The standard InChI is InChI=1S/C21H29ClN8O3S/c1-12(2)30-20(17-15-8-6-7-9-16(15)29(4)27-17)25-26-21(30)28-34(31,32)13(3)18(33-5)19-23-10-14(22)11-24-19/h10-13,18H,6-9H2,1-5H3,(H,26,28). The first-order chi connectivity index (χ1) is 16.1. The van der Waals surface area contributed by atoms with Gasteiger partial charge in [0, 0.05) is 43.9 Å². The predicted molar refractivity (Wildman–Crippen MR) is 128 cm³/mol. The second-order valence-corrected chi connectivity index (χ2v) is 11.2. The molecule has 2 atom stereocenters. The third-order valence-corrected chi connectivity index (χ3v) is 7.98. The summed E-state index contributed by atoms with van der Waals surface area (Å²) in [5, 5.41) is 12.6. The van der Waals surface area contributed by atoms with Gasteiger partial charge in [-0.3, -0.25) is 14.0 Å². The van der Waals surface area contributed by atoms with Gasteiger partial charge >= 0.3 is 0 Å². The van der Waals surface area contributed by atoms with E-state index >= 15 is 0 Å². The van der Waals surface area contributed by atoms with Crippen molar-refractivity contribution in [3.8, 4) is 11.5 Å². The molecule has 0 aliphatic heterocycles. The van der Waals surface area contributed by atoms with E-state index in [2.05, 4.69) is 24.9 Å². The van der Waals surface area contributed by atoms with Gasteiger partial charge in [0.25, 0.3) is 0 Å². The molecule has 11 nitrogen and oxygen atoms in total. The summed E-state index contributed by atoms with van der Waals surface area (Å²) in [6, 6.07) is -0.114. The average Bonchev–Trinajstić information content (AvgIpc) is 3.36. The lowest BCUT2D eigenvalue weighted by atomic mass is 9.95. The Morgan fingerprint density at radius 1 is 1.12 bits per heavy atom. The molecular formula is C21H29ClN8O3S. The number of ether oxygens (including phenoxy) is 1. The van der Waals surface area contributed by atoms with Gasteiger partial charge in [-0.1, -0.05) is 11.6 Å². The zero-order chi connectivity index (χ0) is 24.6. The molecule has 0 saturated carbocycles. The number of fused-ring (bicyclic) bond motifs is 1. The van der Waals surface area contributed by atoms with Gasteiger partial charge in [-0.2, -0.15) is 5.10 Å². The SMILES string of the molecule is COC(c1ncc(Cl)cn1)C(C)S(=O)(=O)Nc1nnc(-c2nn(C)c3c2CCCC3)n1C(C)C. The third-order valence-electron chi connectivity index (χ3n) is 6.09. The van der Waals surface area contributed by atoms with Crippen molar-refractivity contribution in [3.05, 3.63) is 34.5 Å². The number of aryl methyl sites for hydroxylation is 1. The highest BCUT2D eigenvalue weighted by Gasteiger charge is 2.35. The van der Waals surface area contributed by atoms with E-state index in [9.17, 15) is 8.42 Å². The molecule has 0 saturated heterocycles. The maximum Gasteiger partial charge on any atom is 0.240 e. The fourth-order valence-electron chi connectivity index (χ4n) is 4.32. The lowest BCUT2D eigenvalue weighted by molar-refractivity contribution is 0.0950. The number of halogens is 1. The first kappa shape index (κ1) is 24.6. The summed E-state index contributed by atoms with van der Waals surface area (Å²) >= 11 is 5.86. The Labute approximate surface area is 204 Å². The van der Waals surface area contributed by atoms with Crippen molar-refractivity contribution in [1.82, 2.24) is 34.5 Å². The molecule has 0 radical (unpaired) electrons. The van der Waals surface area contributed by atoms with E-state index in [1.807, 2.05) is 25.6 Å². The Morgan fingerprint density at radius 2 is 1.79 bits per heavy atom. The van der Waals surface area contributed by atoms with E-state index in [0.29, 0.717) is 10.8 Å². The van der Waals surface area contributed by atoms with Gasteiger partial charge < -0.3 is 4.74 Å². The molecular weight excluding hydrogens is 480 g/mol. The predicted octanol–water partition coefficient (Wildman–Crippen LogP) is 3.10. The topological polar surface area (TPSA) is 130 Å². The van der Waals surface area contributed by atoms with Crippen LogP contribution in [0.3, 0.4) is 0 Å². The van der Waals surface area contributed by atoms with Crippen LogP contribution in [0.5, 0.6) is 0 Å². The summed E-state index contributed by atoms with van der Waals surface area (Å²) in [4.78, 5) is 8.24. The maximum absolute atomic E-state index is 13.3. The lowest BCUT2D eigenvalue weighted by Gasteiger charge is -2.22. The number of nitrogens with one attached hydrogen (secondary N) is 1. The quantitative estimate of drug-likeness (QED) is 0.491. The van der Waals surface area contributed by atoms with Crippen LogP contribution in [0.4, 0.5) is 5.95 Å². The molecule has 3 aromatic heterocycles. The van der Waals surface area contributed by atoms with Gasteiger partial charge in [-0.25, -0.2) is 18.4 Å². The molecule has 0 aromatic carbocycles. The van der Waals surface area contributed by atoms with Crippen LogP contribution >= 0.6 is 11.6 Å². The Morgan fingerprint density at radius 3 is 2.44 bits per heavy atom. The molecule has 13 heteroatoms. The highest BCUT2D eigenvalue weighted by Crippen LogP contribution is 2.33. The lowest BCUT2D eigenvalue weighted by Crippen LogP contribution is -2.33. The van der Waals surface area contributed by atoms with Gasteiger partial charge in [-0.05, 0) is 46.5 Å². The van der Waals surface area contributed by atoms with Crippen LogP contribution in [0.25, 0.3) is 11.5 Å². The van der Waals surface area contributed by atoms with Gasteiger partial charge in [0.15, 0.2) is 11.6 Å². The molecule has 34 heavy (non-hydrogen) atoms. The number of sulfonamides is 1. The van der Waals surface area contributed by atoms with Crippen LogP contribution in [0.2, 0.25) is 5.02 Å². The van der Waals surface area contributed by atoms with Crippen molar-refractivity contribution in [3.63, 3.8) is 0 Å². The van der Waals surface area contributed by atoms with Gasteiger partial charge in [0.05, 0.1) is 5.02 Å². The number of hydrogen-bond acceptors (Lipinski definition) is 8. The van der Waals surface area contributed by atoms with Crippen molar-refractivity contribution in [2.75, 3.05) is 11.8 Å².